The summed E-state index contributed by atoms with van der Waals surface area (Å²) in [4.78, 5) is 39.0. The summed E-state index contributed by atoms with van der Waals surface area (Å²) in [6.45, 7) is 8.06. The Morgan fingerprint density at radius 3 is 2.37 bits per heavy atom. The molecular weight excluding hydrogens is 516 g/mol. The van der Waals surface area contributed by atoms with Crippen molar-refractivity contribution in [1.82, 2.24) is 35.6 Å². The van der Waals surface area contributed by atoms with E-state index in [1.165, 1.54) is 0 Å². The van der Waals surface area contributed by atoms with Crippen LogP contribution in [0.25, 0.3) is 16.9 Å². The molecule has 2 amide bonds. The number of nitrogens with one attached hydrogen (secondary N) is 3. The molecule has 0 saturated carbocycles. The van der Waals surface area contributed by atoms with Crippen LogP contribution in [0.15, 0.2) is 91.4 Å². The normalized spacial score (nSPS) is 11.1. The van der Waals surface area contributed by atoms with E-state index in [9.17, 15) is 9.59 Å². The first-order chi connectivity index (χ1) is 19.7. The van der Waals surface area contributed by atoms with Gasteiger partial charge >= 0.3 is 0 Å². The highest BCUT2D eigenvalue weighted by molar-refractivity contribution is 5.99. The summed E-state index contributed by atoms with van der Waals surface area (Å²) in [5.41, 5.74) is 10.1. The number of hydrazine groups is 1. The van der Waals surface area contributed by atoms with Crippen molar-refractivity contribution in [3.63, 3.8) is 0 Å². The molecule has 0 bridgehead atoms. The van der Waals surface area contributed by atoms with Gasteiger partial charge in [0.2, 0.25) is 5.95 Å². The molecule has 5 rings (SSSR count). The van der Waals surface area contributed by atoms with Gasteiger partial charge in [0.25, 0.3) is 11.8 Å². The Hall–Kier alpha value is -5.38. The van der Waals surface area contributed by atoms with E-state index >= 15 is 0 Å². The Kier molecular flexibility index (Phi) is 7.55. The number of aromatic nitrogens is 5. The molecule has 0 radical (unpaired) electrons. The van der Waals surface area contributed by atoms with Crippen molar-refractivity contribution in [2.75, 3.05) is 5.32 Å². The van der Waals surface area contributed by atoms with Gasteiger partial charge in [-0.2, -0.15) is 5.10 Å². The molecule has 0 spiro atoms. The highest BCUT2D eigenvalue weighted by Crippen LogP contribution is 2.26. The van der Waals surface area contributed by atoms with E-state index in [-0.39, 0.29) is 11.1 Å². The fourth-order valence-corrected chi connectivity index (χ4v) is 4.15. The van der Waals surface area contributed by atoms with Gasteiger partial charge in [0, 0.05) is 40.8 Å². The van der Waals surface area contributed by atoms with Crippen LogP contribution in [0.2, 0.25) is 0 Å². The molecule has 3 aromatic heterocycles. The van der Waals surface area contributed by atoms with Gasteiger partial charge in [-0.05, 0) is 61.0 Å². The van der Waals surface area contributed by atoms with Gasteiger partial charge in [0.05, 0.1) is 17.1 Å². The second-order valence-corrected chi connectivity index (χ2v) is 10.5. The van der Waals surface area contributed by atoms with Crippen molar-refractivity contribution in [3.8, 4) is 16.9 Å². The van der Waals surface area contributed by atoms with Crippen molar-refractivity contribution >= 4 is 23.5 Å². The van der Waals surface area contributed by atoms with E-state index in [0.29, 0.717) is 22.9 Å². The van der Waals surface area contributed by atoms with Crippen LogP contribution in [0.4, 0.5) is 11.6 Å². The molecule has 5 aromatic rings. The first kappa shape index (κ1) is 27.2. The topological polar surface area (TPSA) is 127 Å². The third kappa shape index (κ3) is 6.27. The lowest BCUT2D eigenvalue weighted by atomic mass is 9.91. The number of rotatable bonds is 6. The average Bonchev–Trinajstić information content (AvgIpc) is 3.45. The summed E-state index contributed by atoms with van der Waals surface area (Å²) >= 11 is 0. The Labute approximate surface area is 237 Å². The van der Waals surface area contributed by atoms with E-state index in [4.69, 9.17) is 0 Å². The molecule has 0 aliphatic heterocycles. The number of pyridine rings is 1. The van der Waals surface area contributed by atoms with Gasteiger partial charge in [0.15, 0.2) is 5.69 Å². The summed E-state index contributed by atoms with van der Waals surface area (Å²) in [5, 5.41) is 7.71. The van der Waals surface area contributed by atoms with E-state index in [1.807, 2.05) is 49.4 Å². The molecule has 0 unspecified atom stereocenters. The van der Waals surface area contributed by atoms with E-state index < -0.39 is 11.8 Å². The minimum atomic E-state index is -0.524. The van der Waals surface area contributed by atoms with Crippen LogP contribution in [0.3, 0.4) is 0 Å². The fraction of sp³-hybridized carbons (Fsp3) is 0.161. The number of nitrogens with zero attached hydrogens (tertiary/aromatic N) is 5. The monoisotopic (exact) mass is 546 g/mol. The molecular formula is C31H30N8O2. The quantitative estimate of drug-likeness (QED) is 0.252. The molecule has 10 nitrogen and oxygen atoms in total. The second kappa shape index (κ2) is 11.4. The average molecular weight is 547 g/mol. The zero-order valence-corrected chi connectivity index (χ0v) is 23.2. The van der Waals surface area contributed by atoms with Crippen LogP contribution in [-0.4, -0.2) is 36.5 Å². The van der Waals surface area contributed by atoms with Gasteiger partial charge in [-0.3, -0.25) is 25.4 Å². The third-order valence-corrected chi connectivity index (χ3v) is 6.36. The zero-order chi connectivity index (χ0) is 29.0. The van der Waals surface area contributed by atoms with Crippen LogP contribution >= 0.6 is 0 Å². The molecule has 2 aromatic carbocycles. The van der Waals surface area contributed by atoms with Crippen LogP contribution in [0.5, 0.6) is 0 Å². The minimum absolute atomic E-state index is 0.191. The summed E-state index contributed by atoms with van der Waals surface area (Å²) in [6, 6.07) is 22.1. The first-order valence-electron chi connectivity index (χ1n) is 13.1. The van der Waals surface area contributed by atoms with Crippen molar-refractivity contribution in [3.05, 3.63) is 114 Å². The molecule has 41 heavy (non-hydrogen) atoms. The summed E-state index contributed by atoms with van der Waals surface area (Å²) in [7, 11) is 0. The Balaban J connectivity index is 1.29. The first-order valence-corrected chi connectivity index (χ1v) is 13.1. The zero-order valence-electron chi connectivity index (χ0n) is 23.2. The predicted octanol–water partition coefficient (Wildman–Crippen LogP) is 5.15. The smallest absolute Gasteiger partial charge is 0.290 e. The van der Waals surface area contributed by atoms with Gasteiger partial charge in [-0.1, -0.05) is 45.0 Å². The van der Waals surface area contributed by atoms with Crippen molar-refractivity contribution in [2.45, 2.75) is 33.1 Å². The SMILES string of the molecule is Cc1ccc(C(=O)NNC(=O)c2cc(C(C)(C)C)n(-c3ccccc3)n2)cc1Nc1nccc(-c2cccnc2)n1. The number of benzene rings is 2. The third-order valence-electron chi connectivity index (χ3n) is 6.36. The number of para-hydroxylation sites is 1. The molecule has 3 heterocycles. The number of carbonyl (C=O) groups is 2. The number of hydrogen-bond donors (Lipinski definition) is 3. The van der Waals surface area contributed by atoms with E-state index in [2.05, 4.69) is 57.0 Å². The van der Waals surface area contributed by atoms with Crippen molar-refractivity contribution < 1.29 is 9.59 Å². The number of amides is 2. The molecule has 0 aliphatic carbocycles. The number of aryl methyl sites for hydroxylation is 1. The summed E-state index contributed by atoms with van der Waals surface area (Å²) in [5.74, 6) is -0.626. The molecule has 0 aliphatic rings. The molecule has 0 fully saturated rings. The predicted molar refractivity (Wildman–Crippen MR) is 157 cm³/mol. The highest BCUT2D eigenvalue weighted by Gasteiger charge is 2.24. The number of carbonyl (C=O) groups excluding carboxylic acids is 2. The highest BCUT2D eigenvalue weighted by atomic mass is 16.2. The number of hydrogen-bond acceptors (Lipinski definition) is 7. The second-order valence-electron chi connectivity index (χ2n) is 10.5. The fourth-order valence-electron chi connectivity index (χ4n) is 4.15. The van der Waals surface area contributed by atoms with Crippen LogP contribution in [0.1, 0.15) is 52.9 Å². The Bertz CT molecular complexity index is 1690. The lowest BCUT2D eigenvalue weighted by molar-refractivity contribution is 0.0843. The van der Waals surface area contributed by atoms with Gasteiger partial charge < -0.3 is 5.32 Å². The van der Waals surface area contributed by atoms with Crippen LogP contribution < -0.4 is 16.2 Å². The maximum atomic E-state index is 13.0. The van der Waals surface area contributed by atoms with Crippen LogP contribution in [0, 0.1) is 6.92 Å². The molecule has 3 N–H and O–H groups in total. The largest absolute Gasteiger partial charge is 0.324 e. The molecule has 10 heteroatoms. The van der Waals surface area contributed by atoms with Gasteiger partial charge in [-0.25, -0.2) is 14.6 Å². The number of anilines is 2. The van der Waals surface area contributed by atoms with Gasteiger partial charge in [-0.15, -0.1) is 0 Å². The summed E-state index contributed by atoms with van der Waals surface area (Å²) < 4.78 is 1.75. The van der Waals surface area contributed by atoms with Crippen molar-refractivity contribution in [2.24, 2.45) is 0 Å². The molecule has 206 valence electrons. The Morgan fingerprint density at radius 1 is 0.854 bits per heavy atom. The Morgan fingerprint density at radius 2 is 1.63 bits per heavy atom. The maximum Gasteiger partial charge on any atom is 0.290 e. The lowest BCUT2D eigenvalue weighted by Gasteiger charge is -2.20. The standard InChI is InChI=1S/C31H30N8O2/c1-20-12-13-21(17-25(20)35-30-33-16-14-24(34-30)22-9-8-15-32-19-22)28(40)36-37-29(41)26-18-27(31(2,3)4)39(38-26)23-10-6-5-7-11-23/h5-19H,1-4H3,(H,36,40)(H,37,41)(H,33,34,35). The minimum Gasteiger partial charge on any atom is -0.324 e. The summed E-state index contributed by atoms with van der Waals surface area (Å²) in [6.07, 6.45) is 5.09. The van der Waals surface area contributed by atoms with Crippen molar-refractivity contribution in [1.29, 1.82) is 0 Å². The van der Waals surface area contributed by atoms with E-state index in [1.54, 1.807) is 53.6 Å². The molecule has 0 saturated heterocycles. The van der Waals surface area contributed by atoms with E-state index in [0.717, 1.165) is 22.5 Å². The lowest BCUT2D eigenvalue weighted by Crippen LogP contribution is -2.41. The van der Waals surface area contributed by atoms with Crippen LogP contribution in [-0.2, 0) is 5.41 Å². The van der Waals surface area contributed by atoms with Gasteiger partial charge in [0.1, 0.15) is 0 Å². The maximum absolute atomic E-state index is 13.0. The molecule has 0 atom stereocenters.